The molecule has 0 aliphatic carbocycles. The molecular formula is C12H23N3O2. The molecule has 0 aromatic heterocycles. The normalized spacial score (nSPS) is 17.8. The number of piperazine rings is 1. The molecule has 0 saturated carbocycles. The van der Waals surface area contributed by atoms with Crippen LogP contribution in [0.5, 0.6) is 0 Å². The first-order valence-electron chi connectivity index (χ1n) is 6.42. The maximum atomic E-state index is 11.9. The molecule has 5 nitrogen and oxygen atoms in total. The van der Waals surface area contributed by atoms with Gasteiger partial charge in [0.1, 0.15) is 0 Å². The summed E-state index contributed by atoms with van der Waals surface area (Å²) in [6.45, 7) is 4.23. The van der Waals surface area contributed by atoms with Crippen molar-refractivity contribution in [3.05, 3.63) is 0 Å². The maximum Gasteiger partial charge on any atom is 0.239 e. The standard InChI is InChI=1S/C12H23N3O2/c1-2-10(5-6-13)3-4-12(17)15-8-7-14-11(16)9-15/h10H,2-9,13H2,1H3,(H,14,16). The summed E-state index contributed by atoms with van der Waals surface area (Å²) in [7, 11) is 0. The minimum Gasteiger partial charge on any atom is -0.353 e. The minimum atomic E-state index is -0.0569. The van der Waals surface area contributed by atoms with Crippen molar-refractivity contribution in [2.45, 2.75) is 32.6 Å². The molecule has 0 bridgehead atoms. The van der Waals surface area contributed by atoms with Crippen LogP contribution in [0.4, 0.5) is 0 Å². The molecule has 0 aromatic carbocycles. The van der Waals surface area contributed by atoms with Gasteiger partial charge in [0, 0.05) is 19.5 Å². The molecule has 1 aliphatic rings. The summed E-state index contributed by atoms with van der Waals surface area (Å²) in [4.78, 5) is 24.7. The predicted octanol–water partition coefficient (Wildman–Crippen LogP) is 0.100. The molecule has 1 rings (SSSR count). The van der Waals surface area contributed by atoms with Crippen molar-refractivity contribution in [2.24, 2.45) is 11.7 Å². The second-order valence-corrected chi connectivity index (χ2v) is 4.56. The van der Waals surface area contributed by atoms with Gasteiger partial charge in [-0.1, -0.05) is 13.3 Å². The predicted molar refractivity (Wildman–Crippen MR) is 66.3 cm³/mol. The Kier molecular flexibility index (Phi) is 5.97. The zero-order valence-corrected chi connectivity index (χ0v) is 10.6. The van der Waals surface area contributed by atoms with Crippen molar-refractivity contribution in [3.8, 4) is 0 Å². The average Bonchev–Trinajstić information content (AvgIpc) is 2.34. The molecule has 1 aliphatic heterocycles. The summed E-state index contributed by atoms with van der Waals surface area (Å²) in [5.74, 6) is 0.566. The van der Waals surface area contributed by atoms with Crippen LogP contribution in [0.1, 0.15) is 32.6 Å². The summed E-state index contributed by atoms with van der Waals surface area (Å²) in [6, 6.07) is 0. The Labute approximate surface area is 103 Å². The molecule has 3 N–H and O–H groups in total. The van der Waals surface area contributed by atoms with Crippen LogP contribution in [0.3, 0.4) is 0 Å². The molecule has 2 amide bonds. The Hall–Kier alpha value is -1.10. The second-order valence-electron chi connectivity index (χ2n) is 4.56. The van der Waals surface area contributed by atoms with E-state index in [1.165, 1.54) is 0 Å². The van der Waals surface area contributed by atoms with E-state index in [-0.39, 0.29) is 18.4 Å². The van der Waals surface area contributed by atoms with Gasteiger partial charge in [-0.15, -0.1) is 0 Å². The van der Waals surface area contributed by atoms with Crippen LogP contribution in [-0.2, 0) is 9.59 Å². The molecule has 17 heavy (non-hydrogen) atoms. The summed E-state index contributed by atoms with van der Waals surface area (Å²) >= 11 is 0. The quantitative estimate of drug-likeness (QED) is 0.692. The molecule has 98 valence electrons. The van der Waals surface area contributed by atoms with Gasteiger partial charge in [0.25, 0.3) is 0 Å². The zero-order chi connectivity index (χ0) is 12.7. The number of hydrogen-bond acceptors (Lipinski definition) is 3. The molecular weight excluding hydrogens is 218 g/mol. The molecule has 1 saturated heterocycles. The fourth-order valence-corrected chi connectivity index (χ4v) is 2.13. The van der Waals surface area contributed by atoms with Crippen molar-refractivity contribution >= 4 is 11.8 Å². The Bertz CT molecular complexity index is 268. The number of carbonyl (C=O) groups is 2. The molecule has 0 radical (unpaired) electrons. The zero-order valence-electron chi connectivity index (χ0n) is 10.6. The van der Waals surface area contributed by atoms with Crippen molar-refractivity contribution in [1.82, 2.24) is 10.2 Å². The average molecular weight is 241 g/mol. The summed E-state index contributed by atoms with van der Waals surface area (Å²) < 4.78 is 0. The van der Waals surface area contributed by atoms with Crippen LogP contribution in [0.2, 0.25) is 0 Å². The second kappa shape index (κ2) is 7.27. The lowest BCUT2D eigenvalue weighted by molar-refractivity contribution is -0.138. The van der Waals surface area contributed by atoms with Crippen LogP contribution in [0.25, 0.3) is 0 Å². The SMILES string of the molecule is CCC(CCN)CCC(=O)N1CCNC(=O)C1. The Morgan fingerprint density at radius 2 is 2.29 bits per heavy atom. The maximum absolute atomic E-state index is 11.9. The third-order valence-electron chi connectivity index (χ3n) is 3.31. The summed E-state index contributed by atoms with van der Waals surface area (Å²) in [6.07, 6.45) is 3.45. The number of hydrogen-bond donors (Lipinski definition) is 2. The highest BCUT2D eigenvalue weighted by molar-refractivity contribution is 5.85. The molecule has 1 fully saturated rings. The highest BCUT2D eigenvalue weighted by atomic mass is 16.2. The van der Waals surface area contributed by atoms with Gasteiger partial charge in [0.05, 0.1) is 6.54 Å². The van der Waals surface area contributed by atoms with Crippen LogP contribution < -0.4 is 11.1 Å². The lowest BCUT2D eigenvalue weighted by atomic mass is 9.96. The number of nitrogens with zero attached hydrogens (tertiary/aromatic N) is 1. The van der Waals surface area contributed by atoms with Gasteiger partial charge in [-0.25, -0.2) is 0 Å². The lowest BCUT2D eigenvalue weighted by Crippen LogP contribution is -2.50. The van der Waals surface area contributed by atoms with Crippen molar-refractivity contribution in [3.63, 3.8) is 0 Å². The van der Waals surface area contributed by atoms with Gasteiger partial charge >= 0.3 is 0 Å². The number of carbonyl (C=O) groups excluding carboxylic acids is 2. The van der Waals surface area contributed by atoms with E-state index in [0.717, 1.165) is 19.3 Å². The highest BCUT2D eigenvalue weighted by Crippen LogP contribution is 2.15. The molecule has 0 aromatic rings. The van der Waals surface area contributed by atoms with Crippen LogP contribution >= 0.6 is 0 Å². The molecule has 5 heteroatoms. The van der Waals surface area contributed by atoms with Gasteiger partial charge in [-0.2, -0.15) is 0 Å². The topological polar surface area (TPSA) is 75.4 Å². The van der Waals surface area contributed by atoms with Crippen LogP contribution in [0.15, 0.2) is 0 Å². The first kappa shape index (κ1) is 14.0. The smallest absolute Gasteiger partial charge is 0.239 e. The monoisotopic (exact) mass is 241 g/mol. The van der Waals surface area contributed by atoms with Crippen molar-refractivity contribution in [1.29, 1.82) is 0 Å². The number of nitrogens with one attached hydrogen (secondary N) is 1. The van der Waals surface area contributed by atoms with E-state index < -0.39 is 0 Å². The van der Waals surface area contributed by atoms with Crippen molar-refractivity contribution < 1.29 is 9.59 Å². The molecule has 1 heterocycles. The fourth-order valence-electron chi connectivity index (χ4n) is 2.13. The van der Waals surface area contributed by atoms with Gasteiger partial charge < -0.3 is 16.0 Å². The summed E-state index contributed by atoms with van der Waals surface area (Å²) in [5, 5.41) is 2.71. The first-order chi connectivity index (χ1) is 8.17. The number of rotatable bonds is 6. The lowest BCUT2D eigenvalue weighted by Gasteiger charge is -2.27. The van der Waals surface area contributed by atoms with E-state index in [1.807, 2.05) is 0 Å². The number of nitrogens with two attached hydrogens (primary N) is 1. The fraction of sp³-hybridized carbons (Fsp3) is 0.833. The van der Waals surface area contributed by atoms with Gasteiger partial charge in [-0.3, -0.25) is 9.59 Å². The van der Waals surface area contributed by atoms with E-state index in [2.05, 4.69) is 12.2 Å². The Morgan fingerprint density at radius 1 is 1.53 bits per heavy atom. The van der Waals surface area contributed by atoms with E-state index in [0.29, 0.717) is 32.0 Å². The van der Waals surface area contributed by atoms with Gasteiger partial charge in [0.15, 0.2) is 0 Å². The van der Waals surface area contributed by atoms with E-state index in [4.69, 9.17) is 5.73 Å². The van der Waals surface area contributed by atoms with Crippen LogP contribution in [0, 0.1) is 5.92 Å². The third kappa shape index (κ3) is 4.73. The van der Waals surface area contributed by atoms with E-state index in [1.54, 1.807) is 4.90 Å². The largest absolute Gasteiger partial charge is 0.353 e. The Balaban J connectivity index is 2.30. The summed E-state index contributed by atoms with van der Waals surface area (Å²) in [5.41, 5.74) is 5.52. The number of amides is 2. The van der Waals surface area contributed by atoms with E-state index in [9.17, 15) is 9.59 Å². The van der Waals surface area contributed by atoms with E-state index >= 15 is 0 Å². The van der Waals surface area contributed by atoms with Crippen LogP contribution in [-0.4, -0.2) is 42.9 Å². The third-order valence-corrected chi connectivity index (χ3v) is 3.31. The highest BCUT2D eigenvalue weighted by Gasteiger charge is 2.21. The van der Waals surface area contributed by atoms with Crippen molar-refractivity contribution in [2.75, 3.05) is 26.2 Å². The minimum absolute atomic E-state index is 0.0569. The van der Waals surface area contributed by atoms with Gasteiger partial charge in [0.2, 0.25) is 11.8 Å². The van der Waals surface area contributed by atoms with Gasteiger partial charge in [-0.05, 0) is 25.3 Å². The molecule has 0 spiro atoms. The first-order valence-corrected chi connectivity index (χ1v) is 6.42. The molecule has 1 atom stereocenters. The Morgan fingerprint density at radius 3 is 2.88 bits per heavy atom. The molecule has 1 unspecified atom stereocenters.